The summed E-state index contributed by atoms with van der Waals surface area (Å²) in [4.78, 5) is 9.53. The molecule has 4 heteroatoms. The molecule has 0 atom stereocenters. The molecular formula is C7H16N2O2. The first-order chi connectivity index (χ1) is 5.18. The Balaban J connectivity index is 0. The molecule has 0 radical (unpaired) electrons. The molecule has 0 amide bonds. The lowest BCUT2D eigenvalue weighted by Crippen LogP contribution is -2.06. The summed E-state index contributed by atoms with van der Waals surface area (Å²) in [6, 6.07) is 0. The summed E-state index contributed by atoms with van der Waals surface area (Å²) < 4.78 is 0. The van der Waals surface area contributed by atoms with Gasteiger partial charge in [-0.15, -0.1) is 6.58 Å². The molecule has 0 aliphatic heterocycles. The monoisotopic (exact) mass is 160 g/mol. The quantitative estimate of drug-likeness (QED) is 0.503. The van der Waals surface area contributed by atoms with Gasteiger partial charge in [0.1, 0.15) is 0 Å². The van der Waals surface area contributed by atoms with Crippen LogP contribution in [-0.4, -0.2) is 24.2 Å². The second-order valence-corrected chi connectivity index (χ2v) is 1.82. The van der Waals surface area contributed by atoms with Gasteiger partial charge in [0.05, 0.1) is 6.42 Å². The zero-order valence-electron chi connectivity index (χ0n) is 6.62. The molecule has 0 heterocycles. The minimum Gasteiger partial charge on any atom is -0.481 e. The molecular weight excluding hydrogens is 144 g/mol. The van der Waals surface area contributed by atoms with Gasteiger partial charge >= 0.3 is 5.97 Å². The minimum atomic E-state index is -0.829. The lowest BCUT2D eigenvalue weighted by atomic mass is 10.4. The second kappa shape index (κ2) is 11.9. The van der Waals surface area contributed by atoms with Gasteiger partial charge < -0.3 is 16.6 Å². The van der Waals surface area contributed by atoms with Crippen LogP contribution in [0.5, 0.6) is 0 Å². The third-order valence-corrected chi connectivity index (χ3v) is 0.727. The van der Waals surface area contributed by atoms with Crippen LogP contribution in [0.2, 0.25) is 0 Å². The Morgan fingerprint density at radius 1 is 1.45 bits per heavy atom. The van der Waals surface area contributed by atoms with Crippen molar-refractivity contribution < 1.29 is 9.90 Å². The van der Waals surface area contributed by atoms with E-state index in [-0.39, 0.29) is 6.42 Å². The molecule has 0 fully saturated rings. The fourth-order valence-electron chi connectivity index (χ4n) is 0.241. The molecule has 0 saturated heterocycles. The molecule has 0 aliphatic carbocycles. The van der Waals surface area contributed by atoms with Crippen molar-refractivity contribution in [1.29, 1.82) is 0 Å². The first-order valence-corrected chi connectivity index (χ1v) is 3.41. The first kappa shape index (κ1) is 12.8. The topological polar surface area (TPSA) is 89.3 Å². The van der Waals surface area contributed by atoms with Gasteiger partial charge in [0, 0.05) is 0 Å². The number of rotatable bonds is 4. The third-order valence-electron chi connectivity index (χ3n) is 0.727. The Kier molecular flexibility index (Phi) is 13.8. The highest BCUT2D eigenvalue weighted by molar-refractivity contribution is 5.68. The predicted octanol–water partition coefficient (Wildman–Crippen LogP) is -0.0590. The number of carbonyl (C=O) groups is 1. The fraction of sp³-hybridized carbons (Fsp3) is 0.571. The van der Waals surface area contributed by atoms with Crippen molar-refractivity contribution in [1.82, 2.24) is 0 Å². The molecule has 0 saturated carbocycles. The largest absolute Gasteiger partial charge is 0.481 e. The first-order valence-electron chi connectivity index (χ1n) is 3.41. The summed E-state index contributed by atoms with van der Waals surface area (Å²) in [5.41, 5.74) is 10.1. The van der Waals surface area contributed by atoms with Crippen molar-refractivity contribution in [2.24, 2.45) is 11.5 Å². The van der Waals surface area contributed by atoms with Crippen molar-refractivity contribution >= 4 is 5.97 Å². The van der Waals surface area contributed by atoms with Gasteiger partial charge in [-0.05, 0) is 19.5 Å². The van der Waals surface area contributed by atoms with E-state index in [0.29, 0.717) is 0 Å². The van der Waals surface area contributed by atoms with Gasteiger partial charge in [-0.3, -0.25) is 4.79 Å². The lowest BCUT2D eigenvalue weighted by molar-refractivity contribution is -0.135. The summed E-state index contributed by atoms with van der Waals surface area (Å²) in [5, 5.41) is 7.84. The summed E-state index contributed by atoms with van der Waals surface area (Å²) >= 11 is 0. The Morgan fingerprint density at radius 3 is 1.91 bits per heavy atom. The van der Waals surface area contributed by atoms with Gasteiger partial charge in [-0.1, -0.05) is 6.08 Å². The van der Waals surface area contributed by atoms with E-state index < -0.39 is 5.97 Å². The minimum absolute atomic E-state index is 0.0556. The van der Waals surface area contributed by atoms with Crippen molar-refractivity contribution in [3.05, 3.63) is 12.7 Å². The van der Waals surface area contributed by atoms with Crippen LogP contribution >= 0.6 is 0 Å². The second-order valence-electron chi connectivity index (χ2n) is 1.82. The molecule has 0 aromatic rings. The van der Waals surface area contributed by atoms with E-state index in [0.717, 1.165) is 19.5 Å². The standard InChI is InChI=1S/C4H6O2.C3H10N2/c1-2-3-4(5)6;4-2-1-3-5/h2H,1,3H2,(H,5,6);1-5H2. The van der Waals surface area contributed by atoms with Crippen molar-refractivity contribution in [3.8, 4) is 0 Å². The highest BCUT2D eigenvalue weighted by atomic mass is 16.4. The molecule has 66 valence electrons. The van der Waals surface area contributed by atoms with Crippen LogP contribution < -0.4 is 11.5 Å². The SMILES string of the molecule is C=CCC(=O)O.NCCCN. The smallest absolute Gasteiger partial charge is 0.307 e. The predicted molar refractivity (Wildman–Crippen MR) is 45.2 cm³/mol. The Labute approximate surface area is 66.9 Å². The molecule has 0 unspecified atom stereocenters. The maximum atomic E-state index is 9.53. The van der Waals surface area contributed by atoms with Gasteiger partial charge in [-0.25, -0.2) is 0 Å². The summed E-state index contributed by atoms with van der Waals surface area (Å²) in [6.07, 6.45) is 2.35. The number of carboxylic acids is 1. The Hall–Kier alpha value is -0.870. The van der Waals surface area contributed by atoms with Crippen LogP contribution in [0.4, 0.5) is 0 Å². The van der Waals surface area contributed by atoms with Crippen molar-refractivity contribution in [2.45, 2.75) is 12.8 Å². The normalized spacial score (nSPS) is 7.82. The molecule has 0 spiro atoms. The molecule has 0 aromatic carbocycles. The number of carboxylic acid groups (broad SMARTS) is 1. The van der Waals surface area contributed by atoms with E-state index in [2.05, 4.69) is 6.58 Å². The molecule has 0 rings (SSSR count). The summed E-state index contributed by atoms with van der Waals surface area (Å²) in [5.74, 6) is -0.829. The van der Waals surface area contributed by atoms with E-state index in [4.69, 9.17) is 16.6 Å². The van der Waals surface area contributed by atoms with Crippen LogP contribution in [0.15, 0.2) is 12.7 Å². The average Bonchev–Trinajstić information content (AvgIpc) is 1.90. The number of hydrogen-bond acceptors (Lipinski definition) is 3. The number of aliphatic carboxylic acids is 1. The maximum absolute atomic E-state index is 9.53. The maximum Gasteiger partial charge on any atom is 0.307 e. The third kappa shape index (κ3) is 27.2. The fourth-order valence-corrected chi connectivity index (χ4v) is 0.241. The molecule has 5 N–H and O–H groups in total. The molecule has 0 aliphatic rings. The molecule has 4 nitrogen and oxygen atoms in total. The van der Waals surface area contributed by atoms with Crippen molar-refractivity contribution in [3.63, 3.8) is 0 Å². The van der Waals surface area contributed by atoms with Gasteiger partial charge in [0.2, 0.25) is 0 Å². The lowest BCUT2D eigenvalue weighted by Gasteiger charge is -1.81. The molecule has 0 aromatic heterocycles. The van der Waals surface area contributed by atoms with Gasteiger partial charge in [0.25, 0.3) is 0 Å². The number of nitrogens with two attached hydrogens (primary N) is 2. The van der Waals surface area contributed by atoms with E-state index in [1.165, 1.54) is 6.08 Å². The zero-order valence-corrected chi connectivity index (χ0v) is 6.62. The van der Waals surface area contributed by atoms with Gasteiger partial charge in [-0.2, -0.15) is 0 Å². The average molecular weight is 160 g/mol. The highest BCUT2D eigenvalue weighted by Gasteiger charge is 1.84. The van der Waals surface area contributed by atoms with Crippen LogP contribution in [-0.2, 0) is 4.79 Å². The number of hydrogen-bond donors (Lipinski definition) is 3. The highest BCUT2D eigenvalue weighted by Crippen LogP contribution is 1.74. The van der Waals surface area contributed by atoms with Crippen LogP contribution in [0.3, 0.4) is 0 Å². The molecule has 11 heavy (non-hydrogen) atoms. The Bertz CT molecular complexity index is 103. The molecule has 0 bridgehead atoms. The van der Waals surface area contributed by atoms with Crippen LogP contribution in [0.1, 0.15) is 12.8 Å². The van der Waals surface area contributed by atoms with Crippen LogP contribution in [0, 0.1) is 0 Å². The van der Waals surface area contributed by atoms with E-state index >= 15 is 0 Å². The van der Waals surface area contributed by atoms with E-state index in [9.17, 15) is 4.79 Å². The van der Waals surface area contributed by atoms with E-state index in [1.54, 1.807) is 0 Å². The van der Waals surface area contributed by atoms with Crippen LogP contribution in [0.25, 0.3) is 0 Å². The summed E-state index contributed by atoms with van der Waals surface area (Å²) in [7, 11) is 0. The van der Waals surface area contributed by atoms with Gasteiger partial charge in [0.15, 0.2) is 0 Å². The van der Waals surface area contributed by atoms with Crippen molar-refractivity contribution in [2.75, 3.05) is 13.1 Å². The Morgan fingerprint density at radius 2 is 1.91 bits per heavy atom. The summed E-state index contributed by atoms with van der Waals surface area (Å²) in [6.45, 7) is 4.66. The van der Waals surface area contributed by atoms with E-state index in [1.807, 2.05) is 0 Å². The zero-order chi connectivity index (χ0) is 9.11.